The molecule has 270 valence electrons. The van der Waals surface area contributed by atoms with E-state index in [0.717, 1.165) is 84.2 Å². The molecule has 0 fully saturated rings. The number of halogens is 3. The number of carbonyl (C=O) groups excluding carboxylic acids is 1. The zero-order chi connectivity index (χ0) is 36.9. The van der Waals surface area contributed by atoms with Crippen molar-refractivity contribution in [2.24, 2.45) is 10.7 Å². The summed E-state index contributed by atoms with van der Waals surface area (Å²) in [6, 6.07) is 20.3. The van der Waals surface area contributed by atoms with Crippen LogP contribution in [0.15, 0.2) is 81.5 Å². The van der Waals surface area contributed by atoms with Crippen LogP contribution < -0.4 is 5.73 Å². The highest BCUT2D eigenvalue weighted by Gasteiger charge is 2.33. The first-order valence-corrected chi connectivity index (χ1v) is 18.9. The zero-order valence-corrected chi connectivity index (χ0v) is 31.2. The molecule has 5 nitrogen and oxygen atoms in total. The van der Waals surface area contributed by atoms with Crippen molar-refractivity contribution in [3.8, 4) is 11.1 Å². The maximum Gasteiger partial charge on any atom is 0.393 e. The number of nitrogens with zero attached hydrogens (tertiary/aromatic N) is 2. The molecule has 3 N–H and O–H groups in total. The number of amidine groups is 2. The van der Waals surface area contributed by atoms with Crippen LogP contribution in [0, 0.1) is 5.41 Å². The van der Waals surface area contributed by atoms with E-state index in [1.807, 2.05) is 35.2 Å². The number of rotatable bonds is 15. The molecule has 0 atom stereocenters. The van der Waals surface area contributed by atoms with Crippen LogP contribution in [0.5, 0.6) is 0 Å². The average Bonchev–Trinajstić information content (AvgIpc) is 3.38. The van der Waals surface area contributed by atoms with Crippen molar-refractivity contribution in [1.29, 1.82) is 5.41 Å². The molecule has 1 aliphatic rings. The van der Waals surface area contributed by atoms with Gasteiger partial charge in [0, 0.05) is 50.5 Å². The minimum absolute atomic E-state index is 0.0115. The Labute approximate surface area is 304 Å². The summed E-state index contributed by atoms with van der Waals surface area (Å²) in [5.41, 5.74) is 9.99. The van der Waals surface area contributed by atoms with Crippen LogP contribution >= 0.6 is 11.8 Å². The Balaban J connectivity index is 1.71. The molecule has 5 rings (SSSR count). The monoisotopic (exact) mass is 714 g/mol. The lowest BCUT2D eigenvalue weighted by molar-refractivity contribution is -0.127. The summed E-state index contributed by atoms with van der Waals surface area (Å²) in [5, 5.41) is 10.2. The van der Waals surface area contributed by atoms with Crippen LogP contribution in [0.4, 0.5) is 13.2 Å². The van der Waals surface area contributed by atoms with Gasteiger partial charge in [0.05, 0.1) is 6.42 Å². The summed E-state index contributed by atoms with van der Waals surface area (Å²) in [4.78, 5) is 21.9. The van der Waals surface area contributed by atoms with Gasteiger partial charge >= 0.3 is 6.18 Å². The number of benzene rings is 4. The molecule has 0 saturated carbocycles. The number of amides is 1. The average molecular weight is 715 g/mol. The van der Waals surface area contributed by atoms with Gasteiger partial charge in [-0.2, -0.15) is 13.2 Å². The van der Waals surface area contributed by atoms with Gasteiger partial charge in [0.2, 0.25) is 0 Å². The van der Waals surface area contributed by atoms with E-state index in [1.165, 1.54) is 17.8 Å². The minimum Gasteiger partial charge on any atom is -0.383 e. The number of nitrogens with two attached hydrogens (primary N) is 1. The van der Waals surface area contributed by atoms with E-state index in [4.69, 9.17) is 11.1 Å². The second kappa shape index (κ2) is 16.1. The Morgan fingerprint density at radius 2 is 1.55 bits per heavy atom. The molecule has 0 saturated heterocycles. The molecule has 51 heavy (non-hydrogen) atoms. The van der Waals surface area contributed by atoms with Crippen molar-refractivity contribution in [3.05, 3.63) is 94.5 Å². The fourth-order valence-corrected chi connectivity index (χ4v) is 7.79. The fraction of sp³-hybridized carbons (Fsp3) is 0.405. The topological polar surface area (TPSA) is 82.5 Å². The fourth-order valence-electron chi connectivity index (χ4n) is 6.70. The van der Waals surface area contributed by atoms with E-state index in [2.05, 4.69) is 51.7 Å². The van der Waals surface area contributed by atoms with Crippen molar-refractivity contribution in [2.45, 2.75) is 107 Å². The van der Waals surface area contributed by atoms with E-state index in [1.54, 1.807) is 18.2 Å². The first kappa shape index (κ1) is 38.1. The minimum atomic E-state index is -4.43. The summed E-state index contributed by atoms with van der Waals surface area (Å²) < 4.78 is 41.9. The molecule has 1 aliphatic heterocycles. The van der Waals surface area contributed by atoms with Gasteiger partial charge in [-0.15, -0.1) is 0 Å². The van der Waals surface area contributed by atoms with Crippen molar-refractivity contribution in [2.75, 3.05) is 13.1 Å². The second-order valence-corrected chi connectivity index (χ2v) is 15.2. The van der Waals surface area contributed by atoms with Gasteiger partial charge in [-0.1, -0.05) is 108 Å². The molecular formula is C42H49F3N4OS. The second-order valence-electron chi connectivity index (χ2n) is 14.1. The molecule has 0 aliphatic carbocycles. The molecule has 4 aromatic rings. The number of fused-ring (bicyclic) bond motifs is 2. The lowest BCUT2D eigenvalue weighted by atomic mass is 9.80. The summed E-state index contributed by atoms with van der Waals surface area (Å²) in [7, 11) is 0. The Hall–Kier alpha value is -4.11. The van der Waals surface area contributed by atoms with Crippen LogP contribution in [-0.2, 0) is 11.8 Å². The van der Waals surface area contributed by atoms with Gasteiger partial charge in [-0.05, 0) is 77.1 Å². The van der Waals surface area contributed by atoms with Gasteiger partial charge in [-0.3, -0.25) is 10.2 Å². The number of hydrogen-bond acceptors (Lipinski definition) is 4. The Bertz CT molecular complexity index is 1940. The van der Waals surface area contributed by atoms with Gasteiger partial charge < -0.3 is 10.6 Å². The predicted octanol–water partition coefficient (Wildman–Crippen LogP) is 11.3. The number of nitrogens with one attached hydrogen (secondary N) is 1. The van der Waals surface area contributed by atoms with Gasteiger partial charge in [-0.25, -0.2) is 4.99 Å². The molecule has 1 heterocycles. The van der Waals surface area contributed by atoms with Crippen LogP contribution in [0.25, 0.3) is 21.9 Å². The largest absolute Gasteiger partial charge is 0.393 e. The third kappa shape index (κ3) is 8.68. The van der Waals surface area contributed by atoms with Crippen molar-refractivity contribution in [3.63, 3.8) is 0 Å². The summed E-state index contributed by atoms with van der Waals surface area (Å²) >= 11 is 1.49. The molecule has 0 radical (unpaired) electrons. The maximum absolute atomic E-state index is 14.0. The zero-order valence-electron chi connectivity index (χ0n) is 30.3. The van der Waals surface area contributed by atoms with E-state index in [9.17, 15) is 18.0 Å². The lowest BCUT2D eigenvalue weighted by Crippen LogP contribution is -2.33. The standard InChI is InChI=1S/C42H49F3N4OS/c1-6-9-13-20-49(21-14-10-7-2)40(50)27-17-15-18-31(23-27)51-34-25-30(41(4,5)8-3)22-29-24-33-37(39(47)48-38(33)46)36(35(29)34)32-19-12-11-16-28(32)26-42(43,44)45/h11-12,15-19,22-25H,6-10,13-14,20-21,26H2,1-5H3,(H3,46,47,48). The highest BCUT2D eigenvalue weighted by Crippen LogP contribution is 2.47. The molecule has 0 spiro atoms. The first-order chi connectivity index (χ1) is 24.3. The smallest absolute Gasteiger partial charge is 0.383 e. The van der Waals surface area contributed by atoms with Crippen LogP contribution in [0.2, 0.25) is 0 Å². The van der Waals surface area contributed by atoms with Crippen LogP contribution in [-0.4, -0.2) is 41.7 Å². The maximum atomic E-state index is 14.0. The van der Waals surface area contributed by atoms with E-state index >= 15 is 0 Å². The van der Waals surface area contributed by atoms with Gasteiger partial charge in [0.25, 0.3) is 5.91 Å². The SMILES string of the molecule is CCCCCN(CCCCC)C(=O)c1cccc(Sc2cc(C(C)(C)CC)cc3cc4c(c(-c5ccccc5CC(F)(F)F)c23)C(N)=NC4=N)c1. The first-order valence-electron chi connectivity index (χ1n) is 18.1. The highest BCUT2D eigenvalue weighted by molar-refractivity contribution is 7.99. The summed E-state index contributed by atoms with van der Waals surface area (Å²) in [6.45, 7) is 12.2. The molecule has 0 unspecified atom stereocenters. The third-order valence-electron chi connectivity index (χ3n) is 9.95. The summed E-state index contributed by atoms with van der Waals surface area (Å²) in [5.74, 6) is 0.112. The Kier molecular flexibility index (Phi) is 12.0. The number of hydrogen-bond donors (Lipinski definition) is 2. The van der Waals surface area contributed by atoms with Crippen molar-refractivity contribution < 1.29 is 18.0 Å². The van der Waals surface area contributed by atoms with E-state index < -0.39 is 12.6 Å². The summed E-state index contributed by atoms with van der Waals surface area (Å²) in [6.07, 6.45) is 1.53. The Morgan fingerprint density at radius 1 is 0.863 bits per heavy atom. The molecule has 0 aromatic heterocycles. The third-order valence-corrected chi connectivity index (χ3v) is 11.0. The van der Waals surface area contributed by atoms with Crippen LogP contribution in [0.3, 0.4) is 0 Å². The number of carbonyl (C=O) groups is 1. The van der Waals surface area contributed by atoms with Gasteiger partial charge in [0.1, 0.15) is 5.84 Å². The Morgan fingerprint density at radius 3 is 2.20 bits per heavy atom. The van der Waals surface area contributed by atoms with Crippen LogP contribution in [0.1, 0.15) is 112 Å². The van der Waals surface area contributed by atoms with E-state index in [-0.39, 0.29) is 28.6 Å². The molecule has 0 bridgehead atoms. The number of unbranched alkanes of at least 4 members (excludes halogenated alkanes) is 4. The van der Waals surface area contributed by atoms with Crippen molar-refractivity contribution >= 4 is 40.1 Å². The normalized spacial score (nSPS) is 13.1. The highest BCUT2D eigenvalue weighted by atomic mass is 32.2. The predicted molar refractivity (Wildman–Crippen MR) is 206 cm³/mol. The quantitative estimate of drug-likeness (QED) is 0.120. The molecule has 1 amide bonds. The molecular weight excluding hydrogens is 666 g/mol. The molecule has 9 heteroatoms. The van der Waals surface area contributed by atoms with Gasteiger partial charge in [0.15, 0.2) is 5.84 Å². The molecule has 4 aromatic carbocycles. The lowest BCUT2D eigenvalue weighted by Gasteiger charge is -2.26. The van der Waals surface area contributed by atoms with E-state index in [0.29, 0.717) is 27.8 Å². The number of aliphatic imine (C=N–C) groups is 1. The number of alkyl halides is 3. The van der Waals surface area contributed by atoms with Crippen molar-refractivity contribution in [1.82, 2.24) is 4.90 Å².